The number of hydrogen-bond acceptors (Lipinski definition) is 3. The minimum absolute atomic E-state index is 0.0177. The second-order valence-corrected chi connectivity index (χ2v) is 7.53. The van der Waals surface area contributed by atoms with Gasteiger partial charge in [-0.15, -0.1) is 0 Å². The molecule has 0 saturated heterocycles. The van der Waals surface area contributed by atoms with E-state index < -0.39 is 0 Å². The van der Waals surface area contributed by atoms with Crippen molar-refractivity contribution in [2.24, 2.45) is 0 Å². The van der Waals surface area contributed by atoms with Crippen LogP contribution in [-0.2, 0) is 17.9 Å². The fourth-order valence-corrected chi connectivity index (χ4v) is 3.60. The van der Waals surface area contributed by atoms with Crippen LogP contribution in [0.3, 0.4) is 0 Å². The van der Waals surface area contributed by atoms with Gasteiger partial charge in [-0.3, -0.25) is 4.79 Å². The van der Waals surface area contributed by atoms with Gasteiger partial charge in [-0.2, -0.15) is 0 Å². The number of furan rings is 1. The van der Waals surface area contributed by atoms with Gasteiger partial charge in [0.25, 0.3) is 0 Å². The van der Waals surface area contributed by atoms with Crippen molar-refractivity contribution < 1.29 is 9.21 Å². The average Bonchev–Trinajstić information content (AvgIpc) is 3.39. The summed E-state index contributed by atoms with van der Waals surface area (Å²) in [7, 11) is 0. The fraction of sp³-hybridized carbons (Fsp3) is 0.217. The van der Waals surface area contributed by atoms with Crippen LogP contribution in [0.25, 0.3) is 11.0 Å². The normalized spacial score (nSPS) is 12.2. The molecule has 0 aliphatic rings. The Bertz CT molecular complexity index is 1070. The monoisotopic (exact) mass is 407 g/mol. The number of carbonyl (C=O) groups excluding carboxylic acids is 1. The van der Waals surface area contributed by atoms with Crippen molar-refractivity contribution in [2.75, 3.05) is 6.54 Å². The van der Waals surface area contributed by atoms with Crippen molar-refractivity contribution in [1.29, 1.82) is 0 Å². The molecule has 4 aromatic rings. The molecule has 1 atom stereocenters. The molecule has 0 radical (unpaired) electrons. The number of amides is 1. The Morgan fingerprint density at radius 3 is 2.83 bits per heavy atom. The highest BCUT2D eigenvalue weighted by molar-refractivity contribution is 6.30. The fourth-order valence-electron chi connectivity index (χ4n) is 3.39. The predicted molar refractivity (Wildman–Crippen MR) is 114 cm³/mol. The lowest BCUT2D eigenvalue weighted by Gasteiger charge is -2.25. The summed E-state index contributed by atoms with van der Waals surface area (Å²) in [4.78, 5) is 19.3. The van der Waals surface area contributed by atoms with Gasteiger partial charge in [0, 0.05) is 42.4 Å². The summed E-state index contributed by atoms with van der Waals surface area (Å²) in [6, 6.07) is 17.4. The molecule has 6 heteroatoms. The topological polar surface area (TPSA) is 51.3 Å². The summed E-state index contributed by atoms with van der Waals surface area (Å²) in [6.45, 7) is 3.60. The third-order valence-electron chi connectivity index (χ3n) is 5.00. The molecule has 0 N–H and O–H groups in total. The number of nitrogens with zero attached hydrogens (tertiary/aromatic N) is 3. The zero-order chi connectivity index (χ0) is 20.2. The molecule has 0 saturated carbocycles. The highest BCUT2D eigenvalue weighted by atomic mass is 35.5. The van der Waals surface area contributed by atoms with Crippen LogP contribution in [0.15, 0.2) is 77.7 Å². The molecule has 29 heavy (non-hydrogen) atoms. The lowest BCUT2D eigenvalue weighted by molar-refractivity contribution is -0.133. The van der Waals surface area contributed by atoms with Crippen LogP contribution in [0.5, 0.6) is 0 Å². The van der Waals surface area contributed by atoms with Gasteiger partial charge in [-0.25, -0.2) is 4.98 Å². The van der Waals surface area contributed by atoms with Crippen molar-refractivity contribution in [3.63, 3.8) is 0 Å². The van der Waals surface area contributed by atoms with Crippen LogP contribution in [0.2, 0.25) is 5.02 Å². The van der Waals surface area contributed by atoms with E-state index in [1.54, 1.807) is 12.5 Å². The van der Waals surface area contributed by atoms with E-state index >= 15 is 0 Å². The number of imidazole rings is 1. The number of carbonyl (C=O) groups is 1. The zero-order valence-corrected chi connectivity index (χ0v) is 16.9. The Morgan fingerprint density at radius 2 is 2.07 bits per heavy atom. The first kappa shape index (κ1) is 19.3. The maximum atomic E-state index is 13.4. The van der Waals surface area contributed by atoms with Gasteiger partial charge in [0.05, 0.1) is 12.2 Å². The summed E-state index contributed by atoms with van der Waals surface area (Å²) >= 11 is 6.14. The zero-order valence-electron chi connectivity index (χ0n) is 16.2. The van der Waals surface area contributed by atoms with Crippen molar-refractivity contribution in [3.8, 4) is 0 Å². The van der Waals surface area contributed by atoms with E-state index in [1.165, 1.54) is 0 Å². The number of halogens is 1. The molecule has 0 aliphatic heterocycles. The molecule has 2 heterocycles. The molecular formula is C23H22ClN3O2. The summed E-state index contributed by atoms with van der Waals surface area (Å²) in [5.41, 5.74) is 1.79. The molecule has 2 aromatic carbocycles. The van der Waals surface area contributed by atoms with E-state index in [0.717, 1.165) is 16.5 Å². The molecule has 5 nitrogen and oxygen atoms in total. The molecular weight excluding hydrogens is 386 g/mol. The molecule has 4 rings (SSSR count). The first-order valence-corrected chi connectivity index (χ1v) is 9.95. The Morgan fingerprint density at radius 1 is 1.21 bits per heavy atom. The van der Waals surface area contributed by atoms with E-state index in [-0.39, 0.29) is 11.8 Å². The van der Waals surface area contributed by atoms with Crippen molar-refractivity contribution >= 4 is 28.5 Å². The molecule has 1 amide bonds. The van der Waals surface area contributed by atoms with Gasteiger partial charge < -0.3 is 13.9 Å². The number of benzene rings is 2. The quantitative estimate of drug-likeness (QED) is 0.427. The number of aromatic nitrogens is 2. The van der Waals surface area contributed by atoms with Gasteiger partial charge in [0.2, 0.25) is 5.91 Å². The number of hydrogen-bond donors (Lipinski definition) is 0. The highest BCUT2D eigenvalue weighted by Gasteiger charge is 2.25. The van der Waals surface area contributed by atoms with E-state index in [4.69, 9.17) is 16.0 Å². The lowest BCUT2D eigenvalue weighted by Crippen LogP contribution is -2.36. The largest absolute Gasteiger partial charge is 0.460 e. The van der Waals surface area contributed by atoms with Crippen LogP contribution >= 0.6 is 11.6 Å². The second kappa shape index (κ2) is 8.53. The van der Waals surface area contributed by atoms with Crippen LogP contribution in [0, 0.1) is 0 Å². The molecule has 1 unspecified atom stereocenters. The van der Waals surface area contributed by atoms with Crippen LogP contribution in [-0.4, -0.2) is 26.9 Å². The maximum Gasteiger partial charge on any atom is 0.233 e. The standard InChI is InChI=1S/C23H22ClN3O2/c1-17(22-14-19-6-2-3-8-21(19)29-22)23(28)27(12-11-26-10-9-25-16-26)15-18-5-4-7-20(24)13-18/h2-10,13-14,16-17H,11-12,15H2,1H3. The van der Waals surface area contributed by atoms with Gasteiger partial charge in [0.1, 0.15) is 11.3 Å². The summed E-state index contributed by atoms with van der Waals surface area (Å²) in [6.07, 6.45) is 5.38. The molecule has 0 aliphatic carbocycles. The minimum atomic E-state index is -0.385. The van der Waals surface area contributed by atoms with Gasteiger partial charge in [0.15, 0.2) is 0 Å². The van der Waals surface area contributed by atoms with Crippen molar-refractivity contribution in [1.82, 2.24) is 14.5 Å². The first-order valence-electron chi connectivity index (χ1n) is 9.57. The van der Waals surface area contributed by atoms with Gasteiger partial charge in [-0.1, -0.05) is 41.9 Å². The van der Waals surface area contributed by atoms with Crippen LogP contribution in [0.4, 0.5) is 0 Å². The van der Waals surface area contributed by atoms with Crippen molar-refractivity contribution in [2.45, 2.75) is 25.9 Å². The smallest absolute Gasteiger partial charge is 0.233 e. The van der Waals surface area contributed by atoms with E-state index in [9.17, 15) is 4.79 Å². The van der Waals surface area contributed by atoms with Crippen molar-refractivity contribution in [3.05, 3.63) is 89.7 Å². The van der Waals surface area contributed by atoms with E-state index in [0.29, 0.717) is 30.4 Å². The summed E-state index contributed by atoms with van der Waals surface area (Å²) in [5.74, 6) is 0.309. The number of para-hydroxylation sites is 1. The second-order valence-electron chi connectivity index (χ2n) is 7.10. The minimum Gasteiger partial charge on any atom is -0.460 e. The van der Waals surface area contributed by atoms with Crippen LogP contribution < -0.4 is 0 Å². The Kier molecular flexibility index (Phi) is 5.67. The predicted octanol–water partition coefficient (Wildman–Crippen LogP) is 5.12. The van der Waals surface area contributed by atoms with Gasteiger partial charge >= 0.3 is 0 Å². The van der Waals surface area contributed by atoms with Crippen LogP contribution in [0.1, 0.15) is 24.2 Å². The Balaban J connectivity index is 1.56. The third kappa shape index (κ3) is 4.51. The maximum absolute atomic E-state index is 13.4. The molecule has 0 fully saturated rings. The Labute approximate surface area is 174 Å². The SMILES string of the molecule is CC(C(=O)N(CCn1ccnc1)Cc1cccc(Cl)c1)c1cc2ccccc2o1. The summed E-state index contributed by atoms with van der Waals surface area (Å²) < 4.78 is 7.90. The molecule has 2 aromatic heterocycles. The van der Waals surface area contributed by atoms with E-state index in [1.807, 2.05) is 77.2 Å². The third-order valence-corrected chi connectivity index (χ3v) is 5.24. The van der Waals surface area contributed by atoms with E-state index in [2.05, 4.69) is 4.98 Å². The summed E-state index contributed by atoms with van der Waals surface area (Å²) in [5, 5.41) is 1.66. The molecule has 0 bridgehead atoms. The number of rotatable bonds is 7. The molecule has 0 spiro atoms. The highest BCUT2D eigenvalue weighted by Crippen LogP contribution is 2.27. The average molecular weight is 408 g/mol. The number of fused-ring (bicyclic) bond motifs is 1. The van der Waals surface area contributed by atoms with Gasteiger partial charge in [-0.05, 0) is 36.8 Å². The lowest BCUT2D eigenvalue weighted by atomic mass is 10.1. The Hall–Kier alpha value is -3.05. The first-order chi connectivity index (χ1) is 14.1. The molecule has 148 valence electrons.